The van der Waals surface area contributed by atoms with Gasteiger partial charge in [-0.2, -0.15) is 0 Å². The molecule has 3 N–H and O–H groups in total. The molecule has 1 aliphatic carbocycles. The molecule has 2 unspecified atom stereocenters. The number of nitrogens with two attached hydrogens (primary N) is 1. The van der Waals surface area contributed by atoms with Gasteiger partial charge in [0, 0.05) is 12.6 Å². The molecule has 1 aromatic carbocycles. The molecule has 4 heteroatoms. The Labute approximate surface area is 126 Å². The summed E-state index contributed by atoms with van der Waals surface area (Å²) in [6.07, 6.45) is 7.32. The van der Waals surface area contributed by atoms with Crippen molar-refractivity contribution < 1.29 is 4.79 Å². The molecule has 4 nitrogen and oxygen atoms in total. The van der Waals surface area contributed by atoms with E-state index < -0.39 is 0 Å². The SMILES string of the molecule is NNC(=O)Cc1ccc(CN2CCCC3CCCC32)cc1. The van der Waals surface area contributed by atoms with Gasteiger partial charge in [0.25, 0.3) is 0 Å². The summed E-state index contributed by atoms with van der Waals surface area (Å²) in [7, 11) is 0. The Balaban J connectivity index is 1.61. The third-order valence-electron chi connectivity index (χ3n) is 5.04. The monoisotopic (exact) mass is 287 g/mol. The van der Waals surface area contributed by atoms with Crippen LogP contribution >= 0.6 is 0 Å². The Morgan fingerprint density at radius 1 is 1.14 bits per heavy atom. The second-order valence-corrected chi connectivity index (χ2v) is 6.43. The van der Waals surface area contributed by atoms with Crippen molar-refractivity contribution in [1.82, 2.24) is 10.3 Å². The summed E-state index contributed by atoms with van der Waals surface area (Å²) >= 11 is 0. The maximum atomic E-state index is 11.3. The summed E-state index contributed by atoms with van der Waals surface area (Å²) in [5.74, 6) is 5.91. The molecular formula is C17H25N3O. The van der Waals surface area contributed by atoms with Crippen LogP contribution in [0.2, 0.25) is 0 Å². The number of hydrogen-bond donors (Lipinski definition) is 2. The summed E-state index contributed by atoms with van der Waals surface area (Å²) in [5, 5.41) is 0. The minimum absolute atomic E-state index is 0.146. The molecule has 114 valence electrons. The zero-order valence-electron chi connectivity index (χ0n) is 12.6. The minimum atomic E-state index is -0.146. The van der Waals surface area contributed by atoms with Crippen molar-refractivity contribution in [2.45, 2.75) is 51.1 Å². The summed E-state index contributed by atoms with van der Waals surface area (Å²) in [5.41, 5.74) is 4.53. The number of amides is 1. The van der Waals surface area contributed by atoms with E-state index >= 15 is 0 Å². The number of carbonyl (C=O) groups is 1. The van der Waals surface area contributed by atoms with E-state index in [1.54, 1.807) is 0 Å². The fraction of sp³-hybridized carbons (Fsp3) is 0.588. The lowest BCUT2D eigenvalue weighted by molar-refractivity contribution is -0.120. The fourth-order valence-corrected chi connectivity index (χ4v) is 3.99. The molecule has 3 rings (SSSR count). The number of rotatable bonds is 4. The van der Waals surface area contributed by atoms with Crippen LogP contribution in [-0.4, -0.2) is 23.4 Å². The molecule has 1 saturated heterocycles. The van der Waals surface area contributed by atoms with Gasteiger partial charge in [-0.1, -0.05) is 30.7 Å². The third-order valence-corrected chi connectivity index (χ3v) is 5.04. The van der Waals surface area contributed by atoms with Crippen LogP contribution in [0.1, 0.15) is 43.2 Å². The van der Waals surface area contributed by atoms with E-state index in [0.717, 1.165) is 24.1 Å². The highest BCUT2D eigenvalue weighted by molar-refractivity contribution is 5.77. The predicted octanol–water partition coefficient (Wildman–Crippen LogP) is 1.98. The van der Waals surface area contributed by atoms with Crippen LogP contribution in [-0.2, 0) is 17.8 Å². The van der Waals surface area contributed by atoms with Crippen LogP contribution in [0.3, 0.4) is 0 Å². The third kappa shape index (κ3) is 3.44. The molecule has 1 aromatic rings. The van der Waals surface area contributed by atoms with Crippen molar-refractivity contribution in [1.29, 1.82) is 0 Å². The van der Waals surface area contributed by atoms with Crippen molar-refractivity contribution in [3.8, 4) is 0 Å². The molecular weight excluding hydrogens is 262 g/mol. The molecule has 21 heavy (non-hydrogen) atoms. The number of fused-ring (bicyclic) bond motifs is 1. The number of nitrogens with one attached hydrogen (secondary N) is 1. The molecule has 0 spiro atoms. The topological polar surface area (TPSA) is 58.4 Å². The van der Waals surface area contributed by atoms with Gasteiger partial charge in [-0.05, 0) is 49.3 Å². The Kier molecular flexibility index (Phi) is 4.56. The zero-order valence-corrected chi connectivity index (χ0v) is 12.6. The second-order valence-electron chi connectivity index (χ2n) is 6.43. The molecule has 2 aliphatic rings. The van der Waals surface area contributed by atoms with Gasteiger partial charge < -0.3 is 0 Å². The molecule has 1 heterocycles. The summed E-state index contributed by atoms with van der Waals surface area (Å²) in [6, 6.07) is 9.19. The van der Waals surface area contributed by atoms with Crippen molar-refractivity contribution in [2.75, 3.05) is 6.54 Å². The van der Waals surface area contributed by atoms with Gasteiger partial charge in [0.15, 0.2) is 0 Å². The number of benzene rings is 1. The standard InChI is InChI=1S/C17H25N3O/c18-19-17(21)11-13-6-8-14(9-7-13)12-20-10-2-4-15-3-1-5-16(15)20/h6-9,15-16H,1-5,10-12,18H2,(H,19,21). The molecule has 1 aliphatic heterocycles. The van der Waals surface area contributed by atoms with Crippen LogP contribution in [0.15, 0.2) is 24.3 Å². The number of hydrazine groups is 1. The maximum absolute atomic E-state index is 11.3. The molecule has 2 fully saturated rings. The van der Waals surface area contributed by atoms with Crippen LogP contribution in [0.4, 0.5) is 0 Å². The van der Waals surface area contributed by atoms with Crippen LogP contribution in [0, 0.1) is 5.92 Å². The maximum Gasteiger partial charge on any atom is 0.238 e. The van der Waals surface area contributed by atoms with E-state index in [-0.39, 0.29) is 5.91 Å². The van der Waals surface area contributed by atoms with Crippen molar-refractivity contribution >= 4 is 5.91 Å². The van der Waals surface area contributed by atoms with Crippen LogP contribution < -0.4 is 11.3 Å². The average Bonchev–Trinajstić information content (AvgIpc) is 2.99. The minimum Gasteiger partial charge on any atom is -0.296 e. The Bertz CT molecular complexity index is 485. The zero-order chi connectivity index (χ0) is 14.7. The quantitative estimate of drug-likeness (QED) is 0.506. The molecule has 2 atom stereocenters. The van der Waals surface area contributed by atoms with Crippen molar-refractivity contribution in [3.05, 3.63) is 35.4 Å². The first-order valence-electron chi connectivity index (χ1n) is 8.07. The average molecular weight is 287 g/mol. The van der Waals surface area contributed by atoms with E-state index in [2.05, 4.69) is 22.5 Å². The Hall–Kier alpha value is -1.39. The summed E-state index contributed by atoms with van der Waals surface area (Å²) in [6.45, 7) is 2.28. The van der Waals surface area contributed by atoms with Gasteiger partial charge >= 0.3 is 0 Å². The van der Waals surface area contributed by atoms with E-state index in [1.807, 2.05) is 12.1 Å². The number of hydrogen-bond acceptors (Lipinski definition) is 3. The molecule has 1 saturated carbocycles. The predicted molar refractivity (Wildman–Crippen MR) is 83.2 cm³/mol. The fourth-order valence-electron chi connectivity index (χ4n) is 3.99. The van der Waals surface area contributed by atoms with E-state index in [0.29, 0.717) is 6.42 Å². The highest BCUT2D eigenvalue weighted by Crippen LogP contribution is 2.37. The first-order valence-corrected chi connectivity index (χ1v) is 8.07. The van der Waals surface area contributed by atoms with Gasteiger partial charge in [0.2, 0.25) is 5.91 Å². The highest BCUT2D eigenvalue weighted by Gasteiger charge is 2.34. The van der Waals surface area contributed by atoms with Gasteiger partial charge in [-0.15, -0.1) is 0 Å². The first kappa shape index (κ1) is 14.5. The second kappa shape index (κ2) is 6.58. The van der Waals surface area contributed by atoms with E-state index in [1.165, 1.54) is 44.2 Å². The van der Waals surface area contributed by atoms with Crippen molar-refractivity contribution in [2.24, 2.45) is 11.8 Å². The number of likely N-dealkylation sites (tertiary alicyclic amines) is 1. The Morgan fingerprint density at radius 2 is 1.86 bits per heavy atom. The number of carbonyl (C=O) groups excluding carboxylic acids is 1. The van der Waals surface area contributed by atoms with E-state index in [9.17, 15) is 4.79 Å². The van der Waals surface area contributed by atoms with Gasteiger partial charge in [-0.3, -0.25) is 15.1 Å². The lowest BCUT2D eigenvalue weighted by Gasteiger charge is -2.37. The molecule has 0 radical (unpaired) electrons. The van der Waals surface area contributed by atoms with Crippen LogP contribution in [0.5, 0.6) is 0 Å². The largest absolute Gasteiger partial charge is 0.296 e. The first-order chi connectivity index (χ1) is 10.3. The lowest BCUT2D eigenvalue weighted by atomic mass is 9.91. The smallest absolute Gasteiger partial charge is 0.238 e. The molecule has 0 bridgehead atoms. The summed E-state index contributed by atoms with van der Waals surface area (Å²) in [4.78, 5) is 13.9. The number of nitrogens with zero attached hydrogens (tertiary/aromatic N) is 1. The summed E-state index contributed by atoms with van der Waals surface area (Å²) < 4.78 is 0. The van der Waals surface area contributed by atoms with Gasteiger partial charge in [0.05, 0.1) is 6.42 Å². The number of piperidine rings is 1. The molecule has 0 aromatic heterocycles. The Morgan fingerprint density at radius 3 is 2.62 bits per heavy atom. The van der Waals surface area contributed by atoms with E-state index in [4.69, 9.17) is 5.84 Å². The van der Waals surface area contributed by atoms with Crippen molar-refractivity contribution in [3.63, 3.8) is 0 Å². The lowest BCUT2D eigenvalue weighted by Crippen LogP contribution is -2.41. The van der Waals surface area contributed by atoms with Gasteiger partial charge in [-0.25, -0.2) is 5.84 Å². The highest BCUT2D eigenvalue weighted by atomic mass is 16.2. The normalized spacial score (nSPS) is 25.6. The molecule has 1 amide bonds. The van der Waals surface area contributed by atoms with Crippen LogP contribution in [0.25, 0.3) is 0 Å². The van der Waals surface area contributed by atoms with Gasteiger partial charge in [0.1, 0.15) is 0 Å².